The molecule has 1 heterocycles. The van der Waals surface area contributed by atoms with Crippen molar-refractivity contribution >= 4 is 0 Å². The van der Waals surface area contributed by atoms with Gasteiger partial charge in [-0.25, -0.2) is 0 Å². The van der Waals surface area contributed by atoms with E-state index in [1.54, 1.807) is 7.11 Å². The maximum absolute atomic E-state index is 5.35. The lowest BCUT2D eigenvalue weighted by Crippen LogP contribution is -2.36. The Bertz CT molecular complexity index is 331. The second-order valence-corrected chi connectivity index (χ2v) is 4.66. The Balaban J connectivity index is 2.48. The van der Waals surface area contributed by atoms with Gasteiger partial charge in [-0.3, -0.25) is 4.68 Å². The summed E-state index contributed by atoms with van der Waals surface area (Å²) in [5.41, 5.74) is 2.18. The highest BCUT2D eigenvalue weighted by molar-refractivity contribution is 5.08. The smallest absolute Gasteiger partial charge is 0.0746 e. The van der Waals surface area contributed by atoms with Crippen LogP contribution in [0.15, 0.2) is 6.07 Å². The SMILES string of the molecule is CCn1nc(C)cc1CNCC(C)(C)OC. The topological polar surface area (TPSA) is 39.1 Å². The maximum Gasteiger partial charge on any atom is 0.0746 e. The molecule has 0 saturated heterocycles. The molecular weight excluding hydrogens is 202 g/mol. The number of rotatable bonds is 6. The molecule has 0 aromatic carbocycles. The first-order valence-electron chi connectivity index (χ1n) is 5.77. The summed E-state index contributed by atoms with van der Waals surface area (Å²) in [6.45, 7) is 10.9. The van der Waals surface area contributed by atoms with E-state index in [2.05, 4.69) is 37.3 Å². The van der Waals surface area contributed by atoms with Gasteiger partial charge in [0, 0.05) is 26.7 Å². The summed E-state index contributed by atoms with van der Waals surface area (Å²) in [4.78, 5) is 0. The number of hydrogen-bond acceptors (Lipinski definition) is 3. The van der Waals surface area contributed by atoms with Crippen LogP contribution in [0.25, 0.3) is 0 Å². The standard InChI is InChI=1S/C12H23N3O/c1-6-15-11(7-10(2)14-15)8-13-9-12(3,4)16-5/h7,13H,6,8-9H2,1-5H3. The lowest BCUT2D eigenvalue weighted by Gasteiger charge is -2.23. The average molecular weight is 225 g/mol. The van der Waals surface area contributed by atoms with E-state index in [0.29, 0.717) is 0 Å². The predicted octanol–water partition coefficient (Wildman–Crippen LogP) is 1.73. The third-order valence-electron chi connectivity index (χ3n) is 2.69. The highest BCUT2D eigenvalue weighted by Crippen LogP contribution is 2.07. The van der Waals surface area contributed by atoms with Crippen LogP contribution in [0.3, 0.4) is 0 Å². The van der Waals surface area contributed by atoms with E-state index in [4.69, 9.17) is 4.74 Å². The highest BCUT2D eigenvalue weighted by atomic mass is 16.5. The van der Waals surface area contributed by atoms with Crippen molar-refractivity contribution in [1.29, 1.82) is 0 Å². The van der Waals surface area contributed by atoms with Crippen LogP contribution in [-0.2, 0) is 17.8 Å². The van der Waals surface area contributed by atoms with Crippen molar-refractivity contribution in [2.24, 2.45) is 0 Å². The van der Waals surface area contributed by atoms with E-state index >= 15 is 0 Å². The number of aromatic nitrogens is 2. The molecule has 0 atom stereocenters. The van der Waals surface area contributed by atoms with Gasteiger partial charge in [0.05, 0.1) is 17.0 Å². The van der Waals surface area contributed by atoms with Crippen LogP contribution < -0.4 is 5.32 Å². The second-order valence-electron chi connectivity index (χ2n) is 4.66. The molecule has 0 fully saturated rings. The fourth-order valence-corrected chi connectivity index (χ4v) is 1.58. The van der Waals surface area contributed by atoms with E-state index in [-0.39, 0.29) is 5.60 Å². The molecule has 0 aliphatic carbocycles. The normalized spacial score (nSPS) is 12.1. The summed E-state index contributed by atoms with van der Waals surface area (Å²) in [6.07, 6.45) is 0. The third-order valence-corrected chi connectivity index (χ3v) is 2.69. The molecule has 1 aromatic rings. The Hall–Kier alpha value is -0.870. The minimum absolute atomic E-state index is 0.119. The first-order chi connectivity index (χ1) is 7.48. The molecule has 4 heteroatoms. The molecule has 0 unspecified atom stereocenters. The van der Waals surface area contributed by atoms with E-state index in [9.17, 15) is 0 Å². The molecule has 0 aliphatic rings. The summed E-state index contributed by atoms with van der Waals surface area (Å²) in [6, 6.07) is 2.12. The van der Waals surface area contributed by atoms with Crippen molar-refractivity contribution < 1.29 is 4.74 Å². The molecule has 4 nitrogen and oxygen atoms in total. The summed E-state index contributed by atoms with van der Waals surface area (Å²) in [5, 5.41) is 7.80. The van der Waals surface area contributed by atoms with Crippen LogP contribution in [-0.4, -0.2) is 29.0 Å². The molecule has 0 amide bonds. The first kappa shape index (κ1) is 13.2. The molecular formula is C12H23N3O. The van der Waals surface area contributed by atoms with Gasteiger partial charge in [0.25, 0.3) is 0 Å². The third kappa shape index (κ3) is 3.61. The molecule has 92 valence electrons. The lowest BCUT2D eigenvalue weighted by molar-refractivity contribution is 0.0229. The minimum atomic E-state index is -0.119. The molecule has 16 heavy (non-hydrogen) atoms. The average Bonchev–Trinajstić information content (AvgIpc) is 2.59. The second kappa shape index (κ2) is 5.46. The zero-order valence-corrected chi connectivity index (χ0v) is 11.0. The molecule has 1 N–H and O–H groups in total. The number of nitrogens with one attached hydrogen (secondary N) is 1. The van der Waals surface area contributed by atoms with E-state index in [1.807, 2.05) is 11.6 Å². The Morgan fingerprint density at radius 1 is 1.50 bits per heavy atom. The monoisotopic (exact) mass is 225 g/mol. The molecule has 0 bridgehead atoms. The Kier molecular flexibility index (Phi) is 4.50. The van der Waals surface area contributed by atoms with Crippen molar-refractivity contribution in [2.45, 2.75) is 46.4 Å². The van der Waals surface area contributed by atoms with Crippen LogP contribution in [0, 0.1) is 6.92 Å². The van der Waals surface area contributed by atoms with Crippen LogP contribution in [0.4, 0.5) is 0 Å². The van der Waals surface area contributed by atoms with Gasteiger partial charge >= 0.3 is 0 Å². The molecule has 1 aromatic heterocycles. The maximum atomic E-state index is 5.35. The molecule has 0 aliphatic heterocycles. The van der Waals surface area contributed by atoms with Crippen molar-refractivity contribution in [3.05, 3.63) is 17.5 Å². The number of ether oxygens (including phenoxy) is 1. The summed E-state index contributed by atoms with van der Waals surface area (Å²) in [7, 11) is 1.74. The zero-order chi connectivity index (χ0) is 12.2. The number of hydrogen-bond donors (Lipinski definition) is 1. The van der Waals surface area contributed by atoms with Gasteiger partial charge in [-0.2, -0.15) is 5.10 Å². The van der Waals surface area contributed by atoms with Crippen LogP contribution in [0.1, 0.15) is 32.2 Å². The molecule has 0 spiro atoms. The van der Waals surface area contributed by atoms with Crippen LogP contribution in [0.2, 0.25) is 0 Å². The fourth-order valence-electron chi connectivity index (χ4n) is 1.58. The van der Waals surface area contributed by atoms with Gasteiger partial charge in [0.1, 0.15) is 0 Å². The molecule has 0 radical (unpaired) electrons. The van der Waals surface area contributed by atoms with E-state index < -0.39 is 0 Å². The van der Waals surface area contributed by atoms with E-state index in [0.717, 1.165) is 25.3 Å². The van der Waals surface area contributed by atoms with Crippen molar-refractivity contribution in [1.82, 2.24) is 15.1 Å². The van der Waals surface area contributed by atoms with Gasteiger partial charge in [-0.15, -0.1) is 0 Å². The quantitative estimate of drug-likeness (QED) is 0.801. The van der Waals surface area contributed by atoms with Gasteiger partial charge in [0.2, 0.25) is 0 Å². The Morgan fingerprint density at radius 3 is 2.75 bits per heavy atom. The highest BCUT2D eigenvalue weighted by Gasteiger charge is 2.15. The fraction of sp³-hybridized carbons (Fsp3) is 0.750. The molecule has 1 rings (SSSR count). The lowest BCUT2D eigenvalue weighted by atomic mass is 10.1. The van der Waals surface area contributed by atoms with Gasteiger partial charge in [-0.1, -0.05) is 0 Å². The number of methoxy groups -OCH3 is 1. The summed E-state index contributed by atoms with van der Waals surface area (Å²) >= 11 is 0. The van der Waals surface area contributed by atoms with Crippen LogP contribution >= 0.6 is 0 Å². The van der Waals surface area contributed by atoms with Gasteiger partial charge < -0.3 is 10.1 Å². The minimum Gasteiger partial charge on any atom is -0.377 e. The predicted molar refractivity (Wildman–Crippen MR) is 65.4 cm³/mol. The van der Waals surface area contributed by atoms with Crippen LogP contribution in [0.5, 0.6) is 0 Å². The van der Waals surface area contributed by atoms with Gasteiger partial charge in [0.15, 0.2) is 0 Å². The van der Waals surface area contributed by atoms with Crippen molar-refractivity contribution in [3.63, 3.8) is 0 Å². The zero-order valence-electron chi connectivity index (χ0n) is 11.0. The first-order valence-corrected chi connectivity index (χ1v) is 5.77. The van der Waals surface area contributed by atoms with Gasteiger partial charge in [-0.05, 0) is 33.8 Å². The largest absolute Gasteiger partial charge is 0.377 e. The van der Waals surface area contributed by atoms with Crippen molar-refractivity contribution in [3.8, 4) is 0 Å². The number of aryl methyl sites for hydroxylation is 2. The summed E-state index contributed by atoms with van der Waals surface area (Å²) < 4.78 is 7.38. The number of nitrogens with zero attached hydrogens (tertiary/aromatic N) is 2. The molecule has 0 saturated carbocycles. The van der Waals surface area contributed by atoms with E-state index in [1.165, 1.54) is 5.69 Å². The summed E-state index contributed by atoms with van der Waals surface area (Å²) in [5.74, 6) is 0. The Labute approximate surface area is 98.0 Å². The Morgan fingerprint density at radius 2 is 2.19 bits per heavy atom. The van der Waals surface area contributed by atoms with Crippen molar-refractivity contribution in [2.75, 3.05) is 13.7 Å².